The third-order valence-electron chi connectivity index (χ3n) is 4.38. The number of aromatic nitrogens is 6. The number of hydrogen-bond acceptors (Lipinski definition) is 9. The van der Waals surface area contributed by atoms with Crippen molar-refractivity contribution in [1.82, 2.24) is 35.3 Å². The summed E-state index contributed by atoms with van der Waals surface area (Å²) in [5.74, 6) is 3.00. The van der Waals surface area contributed by atoms with Gasteiger partial charge < -0.3 is 20.1 Å². The maximum Gasteiger partial charge on any atom is 0.219 e. The minimum absolute atomic E-state index is 0. The van der Waals surface area contributed by atoms with Crippen molar-refractivity contribution in [2.24, 2.45) is 0 Å². The van der Waals surface area contributed by atoms with E-state index in [1.807, 2.05) is 45.2 Å². The van der Waals surface area contributed by atoms with E-state index >= 15 is 0 Å². The van der Waals surface area contributed by atoms with Gasteiger partial charge >= 0.3 is 0 Å². The van der Waals surface area contributed by atoms with Gasteiger partial charge in [0.1, 0.15) is 30.3 Å². The number of likely N-dealkylation sites (N-methyl/N-ethyl adjacent to an activating group) is 1. The molecule has 3 heterocycles. The molecule has 168 valence electrons. The first-order valence-electron chi connectivity index (χ1n) is 9.97. The van der Waals surface area contributed by atoms with Gasteiger partial charge in [-0.3, -0.25) is 0 Å². The van der Waals surface area contributed by atoms with Crippen LogP contribution in [-0.2, 0) is 0 Å². The fourth-order valence-corrected chi connectivity index (χ4v) is 2.81. The third kappa shape index (κ3) is 5.59. The Bertz CT molecular complexity index is 1150. The molecule has 11 heteroatoms. The van der Waals surface area contributed by atoms with Gasteiger partial charge in [-0.25, -0.2) is 15.0 Å². The summed E-state index contributed by atoms with van der Waals surface area (Å²) >= 11 is 0. The summed E-state index contributed by atoms with van der Waals surface area (Å²) in [6.07, 6.45) is 4.81. The van der Waals surface area contributed by atoms with Crippen LogP contribution in [0.15, 0.2) is 49.1 Å². The Morgan fingerprint density at radius 3 is 2.59 bits per heavy atom. The highest BCUT2D eigenvalue weighted by atomic mass is 35.5. The van der Waals surface area contributed by atoms with Gasteiger partial charge in [-0.05, 0) is 45.2 Å². The molecular formula is C21H25ClN8O2. The molecule has 0 amide bonds. The van der Waals surface area contributed by atoms with Crippen molar-refractivity contribution >= 4 is 34.9 Å². The van der Waals surface area contributed by atoms with Crippen molar-refractivity contribution in [2.45, 2.75) is 19.9 Å². The molecule has 0 aliphatic carbocycles. The monoisotopic (exact) mass is 456 g/mol. The van der Waals surface area contributed by atoms with Crippen LogP contribution in [0.25, 0.3) is 10.9 Å². The minimum Gasteiger partial charge on any atom is -0.491 e. The van der Waals surface area contributed by atoms with E-state index in [9.17, 15) is 0 Å². The Labute approximate surface area is 191 Å². The minimum atomic E-state index is 0. The summed E-state index contributed by atoms with van der Waals surface area (Å²) in [5.41, 5.74) is 0.780. The molecule has 3 aromatic heterocycles. The van der Waals surface area contributed by atoms with Crippen molar-refractivity contribution in [2.75, 3.05) is 25.5 Å². The van der Waals surface area contributed by atoms with Crippen LogP contribution in [0.4, 0.5) is 11.6 Å². The fraction of sp³-hybridized carbons (Fsp3) is 0.286. The number of hydrogen-bond donors (Lipinski definition) is 2. The molecule has 0 saturated carbocycles. The van der Waals surface area contributed by atoms with Crippen LogP contribution >= 0.6 is 12.4 Å². The van der Waals surface area contributed by atoms with Gasteiger partial charge in [-0.2, -0.15) is 9.90 Å². The van der Waals surface area contributed by atoms with Crippen molar-refractivity contribution in [3.8, 4) is 17.4 Å². The highest BCUT2D eigenvalue weighted by molar-refractivity contribution is 5.91. The lowest BCUT2D eigenvalue weighted by molar-refractivity contribution is 0.316. The molecule has 0 bridgehead atoms. The standard InChI is InChI=1S/C21H24N8O2.ClH/c1-14(2)29-26-12-19(28-29)27-21-17-10-15(4-6-18(17)24-13-25-21)31-20-7-5-16(11-23-20)30-9-8-22-3;/h4-7,10-14,22H,8-9H2,1-3H3,(H,24,25,27,28);1H. The van der Waals surface area contributed by atoms with E-state index in [-0.39, 0.29) is 18.4 Å². The van der Waals surface area contributed by atoms with E-state index in [0.717, 1.165) is 17.4 Å². The van der Waals surface area contributed by atoms with E-state index in [4.69, 9.17) is 9.47 Å². The molecule has 10 nitrogen and oxygen atoms in total. The maximum atomic E-state index is 5.91. The van der Waals surface area contributed by atoms with Crippen LogP contribution in [0.3, 0.4) is 0 Å². The van der Waals surface area contributed by atoms with E-state index < -0.39 is 0 Å². The van der Waals surface area contributed by atoms with Crippen molar-refractivity contribution in [1.29, 1.82) is 0 Å². The fourth-order valence-electron chi connectivity index (χ4n) is 2.81. The highest BCUT2D eigenvalue weighted by Crippen LogP contribution is 2.28. The maximum absolute atomic E-state index is 5.91. The van der Waals surface area contributed by atoms with Gasteiger partial charge in [0.05, 0.1) is 24.0 Å². The molecular weight excluding hydrogens is 432 g/mol. The zero-order valence-corrected chi connectivity index (χ0v) is 18.8. The molecule has 0 atom stereocenters. The number of halogens is 1. The van der Waals surface area contributed by atoms with Crippen molar-refractivity contribution < 1.29 is 9.47 Å². The van der Waals surface area contributed by atoms with Crippen molar-refractivity contribution in [3.05, 3.63) is 49.1 Å². The Kier molecular flexibility index (Phi) is 7.74. The predicted molar refractivity (Wildman–Crippen MR) is 124 cm³/mol. The number of benzene rings is 1. The predicted octanol–water partition coefficient (Wildman–Crippen LogP) is 3.75. The lowest BCUT2D eigenvalue weighted by Gasteiger charge is -2.10. The van der Waals surface area contributed by atoms with Crippen LogP contribution in [0, 0.1) is 0 Å². The van der Waals surface area contributed by atoms with Gasteiger partial charge in [-0.15, -0.1) is 17.5 Å². The summed E-state index contributed by atoms with van der Waals surface area (Å²) in [6, 6.07) is 9.34. The highest BCUT2D eigenvalue weighted by Gasteiger charge is 2.10. The first kappa shape index (κ1) is 23.2. The summed E-state index contributed by atoms with van der Waals surface area (Å²) in [4.78, 5) is 14.6. The lowest BCUT2D eigenvalue weighted by atomic mass is 10.2. The number of fused-ring (bicyclic) bond motifs is 1. The SMILES string of the molecule is CNCCOc1ccc(Oc2ccc3ncnc(Nc4cnn(C(C)C)n4)c3c2)nc1.Cl. The molecule has 0 unspecified atom stereocenters. The van der Waals surface area contributed by atoms with Crippen LogP contribution in [-0.4, -0.2) is 50.1 Å². The molecule has 0 aliphatic heterocycles. The third-order valence-corrected chi connectivity index (χ3v) is 4.38. The first-order valence-corrected chi connectivity index (χ1v) is 9.97. The number of nitrogens with one attached hydrogen (secondary N) is 2. The van der Waals surface area contributed by atoms with Gasteiger partial charge in [0, 0.05) is 18.0 Å². The quantitative estimate of drug-likeness (QED) is 0.363. The summed E-state index contributed by atoms with van der Waals surface area (Å²) < 4.78 is 11.5. The normalized spacial score (nSPS) is 10.8. The number of anilines is 2. The lowest BCUT2D eigenvalue weighted by Crippen LogP contribution is -2.15. The zero-order chi connectivity index (χ0) is 21.6. The molecule has 0 radical (unpaired) electrons. The average Bonchev–Trinajstić information content (AvgIpc) is 3.25. The Balaban J connectivity index is 0.00000289. The van der Waals surface area contributed by atoms with Gasteiger partial charge in [0.25, 0.3) is 0 Å². The van der Waals surface area contributed by atoms with E-state index in [1.165, 1.54) is 6.33 Å². The molecule has 4 aromatic rings. The van der Waals surface area contributed by atoms with Crippen LogP contribution in [0.5, 0.6) is 17.4 Å². The van der Waals surface area contributed by atoms with Crippen LogP contribution < -0.4 is 20.1 Å². The first-order chi connectivity index (χ1) is 15.1. The molecule has 0 fully saturated rings. The molecule has 0 spiro atoms. The van der Waals surface area contributed by atoms with Crippen LogP contribution in [0.1, 0.15) is 19.9 Å². The van der Waals surface area contributed by atoms with Crippen molar-refractivity contribution in [3.63, 3.8) is 0 Å². The second-order valence-corrected chi connectivity index (χ2v) is 7.06. The Morgan fingerprint density at radius 2 is 1.88 bits per heavy atom. The zero-order valence-electron chi connectivity index (χ0n) is 18.0. The Hall–Kier alpha value is -3.50. The number of rotatable bonds is 9. The molecule has 2 N–H and O–H groups in total. The van der Waals surface area contributed by atoms with Gasteiger partial charge in [-0.1, -0.05) is 0 Å². The molecule has 0 aliphatic rings. The molecule has 32 heavy (non-hydrogen) atoms. The number of pyridine rings is 1. The van der Waals surface area contributed by atoms with Crippen LogP contribution in [0.2, 0.25) is 0 Å². The smallest absolute Gasteiger partial charge is 0.219 e. The van der Waals surface area contributed by atoms with E-state index in [1.54, 1.807) is 23.3 Å². The largest absolute Gasteiger partial charge is 0.491 e. The molecule has 0 saturated heterocycles. The Morgan fingerprint density at radius 1 is 1.03 bits per heavy atom. The number of ether oxygens (including phenoxy) is 2. The second-order valence-electron chi connectivity index (χ2n) is 7.06. The molecule has 4 rings (SSSR count). The van der Waals surface area contributed by atoms with E-state index in [0.29, 0.717) is 35.6 Å². The van der Waals surface area contributed by atoms with E-state index in [2.05, 4.69) is 35.8 Å². The topological polar surface area (TPSA) is 112 Å². The average molecular weight is 457 g/mol. The summed E-state index contributed by atoms with van der Waals surface area (Å²) in [6.45, 7) is 5.37. The molecule has 1 aromatic carbocycles. The number of nitrogens with zero attached hydrogens (tertiary/aromatic N) is 6. The van der Waals surface area contributed by atoms with Gasteiger partial charge in [0.2, 0.25) is 5.88 Å². The second kappa shape index (κ2) is 10.7. The summed E-state index contributed by atoms with van der Waals surface area (Å²) in [5, 5.41) is 15.7. The van der Waals surface area contributed by atoms with Gasteiger partial charge in [0.15, 0.2) is 5.82 Å². The summed E-state index contributed by atoms with van der Waals surface area (Å²) in [7, 11) is 1.88.